The number of piperidine rings is 1. The number of benzene rings is 1. The lowest BCUT2D eigenvalue weighted by Gasteiger charge is -2.47. The number of hydrogen-bond acceptors (Lipinski definition) is 8. The lowest BCUT2D eigenvalue weighted by molar-refractivity contribution is 0.0500. The summed E-state index contributed by atoms with van der Waals surface area (Å²) < 4.78 is 19.9. The molecule has 2 aromatic rings. The highest BCUT2D eigenvalue weighted by atomic mass is 19.1. The topological polar surface area (TPSA) is 106 Å². The quantitative estimate of drug-likeness (QED) is 0.601. The van der Waals surface area contributed by atoms with E-state index in [0.29, 0.717) is 23.0 Å². The zero-order valence-corrected chi connectivity index (χ0v) is 18.4. The van der Waals surface area contributed by atoms with Gasteiger partial charge in [-0.15, -0.1) is 0 Å². The van der Waals surface area contributed by atoms with Crippen molar-refractivity contribution in [3.63, 3.8) is 0 Å². The Bertz CT molecular complexity index is 1010. The molecule has 3 N–H and O–H groups in total. The molecule has 0 aliphatic carbocycles. The number of aliphatic hydroxyl groups is 1. The van der Waals surface area contributed by atoms with E-state index in [2.05, 4.69) is 45.4 Å². The van der Waals surface area contributed by atoms with Crippen LogP contribution in [0.4, 0.5) is 21.8 Å². The average molecular weight is 441 g/mol. The first-order valence-electron chi connectivity index (χ1n) is 11.0. The Morgan fingerprint density at radius 1 is 1.41 bits per heavy atom. The number of halogens is 1. The molecule has 2 aliphatic heterocycles. The Balaban J connectivity index is 1.48. The minimum Gasteiger partial charge on any atom is -0.490 e. The van der Waals surface area contributed by atoms with E-state index in [1.165, 1.54) is 12.8 Å². The fourth-order valence-corrected chi connectivity index (χ4v) is 4.95. The second-order valence-electron chi connectivity index (χ2n) is 8.99. The average Bonchev–Trinajstić information content (AvgIpc) is 3.24. The Morgan fingerprint density at radius 2 is 2.25 bits per heavy atom. The van der Waals surface area contributed by atoms with Crippen molar-refractivity contribution in [2.75, 3.05) is 30.4 Å². The van der Waals surface area contributed by atoms with Gasteiger partial charge in [-0.25, -0.2) is 9.37 Å². The highest BCUT2D eigenvalue weighted by molar-refractivity contribution is 5.61. The molecule has 0 saturated carbocycles. The normalized spacial score (nSPS) is 22.1. The zero-order chi connectivity index (χ0) is 22.7. The third-order valence-electron chi connectivity index (χ3n) is 6.25. The first kappa shape index (κ1) is 22.2. The second-order valence-corrected chi connectivity index (χ2v) is 8.99. The van der Waals surface area contributed by atoms with Crippen LogP contribution >= 0.6 is 0 Å². The van der Waals surface area contributed by atoms with E-state index in [-0.39, 0.29) is 36.6 Å². The largest absolute Gasteiger partial charge is 0.490 e. The summed E-state index contributed by atoms with van der Waals surface area (Å²) in [5, 5.41) is 24.6. The van der Waals surface area contributed by atoms with Crippen LogP contribution in [0.2, 0.25) is 0 Å². The van der Waals surface area contributed by atoms with Gasteiger partial charge in [0.15, 0.2) is 11.6 Å². The van der Waals surface area contributed by atoms with E-state index in [4.69, 9.17) is 9.84 Å². The van der Waals surface area contributed by atoms with Gasteiger partial charge in [-0.3, -0.25) is 4.90 Å². The van der Waals surface area contributed by atoms with Gasteiger partial charge in [-0.1, -0.05) is 0 Å². The maximum absolute atomic E-state index is 14.5. The molecular formula is C23H29FN6O2. The third kappa shape index (κ3) is 4.76. The van der Waals surface area contributed by atoms with Crippen molar-refractivity contribution in [2.45, 2.75) is 57.2 Å². The van der Waals surface area contributed by atoms with Crippen molar-refractivity contribution in [3.05, 3.63) is 35.8 Å². The van der Waals surface area contributed by atoms with Crippen molar-refractivity contribution >= 4 is 17.5 Å². The molecule has 2 atom stereocenters. The summed E-state index contributed by atoms with van der Waals surface area (Å²) in [4.78, 5) is 11.0. The number of rotatable bonds is 7. The third-order valence-corrected chi connectivity index (χ3v) is 6.25. The van der Waals surface area contributed by atoms with E-state index >= 15 is 0 Å². The SMILES string of the molecule is CC1(C)CC(Nc2nc(Nc3ccc(OCCO)c(C#N)c3)ncc2F)CC2CCCN21. The number of hydrogen-bond donors (Lipinski definition) is 3. The van der Waals surface area contributed by atoms with Gasteiger partial charge in [0, 0.05) is 23.3 Å². The summed E-state index contributed by atoms with van der Waals surface area (Å²) in [5.74, 6) is 0.306. The van der Waals surface area contributed by atoms with Gasteiger partial charge in [-0.2, -0.15) is 10.2 Å². The van der Waals surface area contributed by atoms with Gasteiger partial charge < -0.3 is 20.5 Å². The summed E-state index contributed by atoms with van der Waals surface area (Å²) in [6, 6.07) is 7.68. The van der Waals surface area contributed by atoms with Crippen LogP contribution in [-0.4, -0.2) is 57.4 Å². The summed E-state index contributed by atoms with van der Waals surface area (Å²) in [5.41, 5.74) is 0.959. The molecule has 2 fully saturated rings. The number of nitriles is 1. The van der Waals surface area contributed by atoms with Crippen LogP contribution in [-0.2, 0) is 0 Å². The van der Waals surface area contributed by atoms with Crippen LogP contribution < -0.4 is 15.4 Å². The van der Waals surface area contributed by atoms with Gasteiger partial charge in [-0.05, 0) is 64.3 Å². The van der Waals surface area contributed by atoms with E-state index in [1.807, 2.05) is 0 Å². The molecule has 0 spiro atoms. The molecule has 32 heavy (non-hydrogen) atoms. The Morgan fingerprint density at radius 3 is 3.03 bits per heavy atom. The van der Waals surface area contributed by atoms with E-state index in [0.717, 1.165) is 25.6 Å². The molecule has 1 aromatic heterocycles. The van der Waals surface area contributed by atoms with Crippen LogP contribution in [0.3, 0.4) is 0 Å². The van der Waals surface area contributed by atoms with E-state index < -0.39 is 5.82 Å². The number of nitrogens with zero attached hydrogens (tertiary/aromatic N) is 4. The Hall–Kier alpha value is -2.96. The fraction of sp³-hybridized carbons (Fsp3) is 0.522. The number of aromatic nitrogens is 2. The second kappa shape index (κ2) is 9.27. The van der Waals surface area contributed by atoms with Crippen molar-refractivity contribution < 1.29 is 14.2 Å². The monoisotopic (exact) mass is 440 g/mol. The van der Waals surface area contributed by atoms with Crippen molar-refractivity contribution in [2.24, 2.45) is 0 Å². The summed E-state index contributed by atoms with van der Waals surface area (Å²) in [7, 11) is 0. The van der Waals surface area contributed by atoms with E-state index in [9.17, 15) is 9.65 Å². The molecule has 0 bridgehead atoms. The predicted molar refractivity (Wildman–Crippen MR) is 119 cm³/mol. The van der Waals surface area contributed by atoms with Crippen molar-refractivity contribution in [1.29, 1.82) is 5.26 Å². The molecule has 4 rings (SSSR count). The molecule has 0 radical (unpaired) electrons. The molecule has 9 heteroatoms. The molecule has 2 aliphatic rings. The predicted octanol–water partition coefficient (Wildman–Crippen LogP) is 3.42. The van der Waals surface area contributed by atoms with E-state index in [1.54, 1.807) is 18.2 Å². The molecule has 2 unspecified atom stereocenters. The lowest BCUT2D eigenvalue weighted by atomic mass is 9.84. The lowest BCUT2D eigenvalue weighted by Crippen LogP contribution is -2.55. The van der Waals surface area contributed by atoms with Crippen molar-refractivity contribution in [1.82, 2.24) is 14.9 Å². The van der Waals surface area contributed by atoms with Gasteiger partial charge >= 0.3 is 0 Å². The zero-order valence-electron chi connectivity index (χ0n) is 18.4. The Kier molecular flexibility index (Phi) is 6.44. The molecule has 0 amide bonds. The maximum atomic E-state index is 14.5. The smallest absolute Gasteiger partial charge is 0.229 e. The van der Waals surface area contributed by atoms with Crippen molar-refractivity contribution in [3.8, 4) is 11.8 Å². The molecule has 8 nitrogen and oxygen atoms in total. The van der Waals surface area contributed by atoms with Crippen LogP contribution in [0.15, 0.2) is 24.4 Å². The van der Waals surface area contributed by atoms with Gasteiger partial charge in [0.1, 0.15) is 18.4 Å². The summed E-state index contributed by atoms with van der Waals surface area (Å²) >= 11 is 0. The fourth-order valence-electron chi connectivity index (χ4n) is 4.95. The minimum atomic E-state index is -0.493. The van der Waals surface area contributed by atoms with Gasteiger partial charge in [0.2, 0.25) is 5.95 Å². The van der Waals surface area contributed by atoms with Crippen LogP contribution in [0, 0.1) is 17.1 Å². The first-order valence-corrected chi connectivity index (χ1v) is 11.0. The van der Waals surface area contributed by atoms with Crippen LogP contribution in [0.1, 0.15) is 45.1 Å². The molecule has 2 saturated heterocycles. The number of ether oxygens (including phenoxy) is 1. The first-order chi connectivity index (χ1) is 15.4. The summed E-state index contributed by atoms with van der Waals surface area (Å²) in [6.45, 7) is 5.61. The maximum Gasteiger partial charge on any atom is 0.229 e. The molecule has 3 heterocycles. The highest BCUT2D eigenvalue weighted by Crippen LogP contribution is 2.38. The minimum absolute atomic E-state index is 0.0647. The molecule has 1 aromatic carbocycles. The highest BCUT2D eigenvalue weighted by Gasteiger charge is 2.43. The number of anilines is 3. The summed E-state index contributed by atoms with van der Waals surface area (Å²) in [6.07, 6.45) is 5.43. The molecular weight excluding hydrogens is 411 g/mol. The number of fused-ring (bicyclic) bond motifs is 1. The van der Waals surface area contributed by atoms with Gasteiger partial charge in [0.25, 0.3) is 0 Å². The van der Waals surface area contributed by atoms with Gasteiger partial charge in [0.05, 0.1) is 18.4 Å². The number of aliphatic hydroxyl groups excluding tert-OH is 1. The van der Waals surface area contributed by atoms with Crippen LogP contribution in [0.25, 0.3) is 0 Å². The van der Waals surface area contributed by atoms with Crippen LogP contribution in [0.5, 0.6) is 5.75 Å². The number of nitrogens with one attached hydrogen (secondary N) is 2. The standard InChI is InChI=1S/C23H29FN6O2/c1-23(2)12-17(11-18-4-3-7-30(18)23)27-21-19(24)14-26-22(29-21)28-16-5-6-20(32-9-8-31)15(10-16)13-25/h5-6,10,14,17-18,31H,3-4,7-9,11-12H2,1-2H3,(H2,26,27,28,29). The molecule has 170 valence electrons. The Labute approximate surface area is 187 Å².